The first-order valence-corrected chi connectivity index (χ1v) is 8.10. The van der Waals surface area contributed by atoms with Crippen LogP contribution in [-0.2, 0) is 0 Å². The van der Waals surface area contributed by atoms with Gasteiger partial charge in [-0.2, -0.15) is 0 Å². The molecule has 116 valence electrons. The van der Waals surface area contributed by atoms with Gasteiger partial charge in [0.05, 0.1) is 20.2 Å². The summed E-state index contributed by atoms with van der Waals surface area (Å²) in [4.78, 5) is 14.9. The third kappa shape index (κ3) is 5.14. The Kier molecular flexibility index (Phi) is 6.21. The number of piperazine rings is 1. The zero-order valence-electron chi connectivity index (χ0n) is 13.3. The molecule has 1 fully saturated rings. The molecule has 0 amide bonds. The molecule has 1 saturated heterocycles. The minimum Gasteiger partial charge on any atom is -0.493 e. The lowest BCUT2D eigenvalue weighted by Crippen LogP contribution is -3.27. The van der Waals surface area contributed by atoms with Crippen LogP contribution in [0.15, 0.2) is 24.3 Å². The number of carbonyl (C=O) groups is 1. The summed E-state index contributed by atoms with van der Waals surface area (Å²) in [5.41, 5.74) is 0.772. The second-order valence-electron chi connectivity index (χ2n) is 5.96. The zero-order chi connectivity index (χ0) is 15.1. The Hall–Kier alpha value is -1.39. The first-order valence-electron chi connectivity index (χ1n) is 8.10. The summed E-state index contributed by atoms with van der Waals surface area (Å²) in [6.07, 6.45) is 1.64. The molecule has 1 aliphatic heterocycles. The average Bonchev–Trinajstić information content (AvgIpc) is 2.53. The van der Waals surface area contributed by atoms with E-state index in [0.29, 0.717) is 6.42 Å². The zero-order valence-corrected chi connectivity index (χ0v) is 13.3. The van der Waals surface area contributed by atoms with Crippen LogP contribution in [0, 0.1) is 0 Å². The summed E-state index contributed by atoms with van der Waals surface area (Å²) in [5.74, 6) is 1.04. The van der Waals surface area contributed by atoms with Crippen molar-refractivity contribution in [3.05, 3.63) is 29.8 Å². The normalized spacial score (nSPS) is 22.0. The SMILES string of the molecule is CCC(=O)c1ccc(OCCC[NH+]2CC[NH+](C)CC2)cc1. The van der Waals surface area contributed by atoms with Crippen LogP contribution in [0.25, 0.3) is 0 Å². The highest BCUT2D eigenvalue weighted by molar-refractivity contribution is 5.95. The standard InChI is InChI=1S/C17H26N2O2/c1-3-17(20)15-5-7-16(8-6-15)21-14-4-9-19-12-10-18(2)11-13-19/h5-8H,3-4,9-14H2,1-2H3/p+2. The Balaban J connectivity index is 1.65. The summed E-state index contributed by atoms with van der Waals surface area (Å²) in [5, 5.41) is 0. The molecule has 0 atom stereocenters. The van der Waals surface area contributed by atoms with Crippen molar-refractivity contribution in [2.24, 2.45) is 0 Å². The van der Waals surface area contributed by atoms with Gasteiger partial charge in [-0.05, 0) is 24.3 Å². The Morgan fingerprint density at radius 1 is 1.14 bits per heavy atom. The number of likely N-dealkylation sites (N-methyl/N-ethyl adjacent to an activating group) is 1. The van der Waals surface area contributed by atoms with Gasteiger partial charge in [-0.1, -0.05) is 6.92 Å². The minimum absolute atomic E-state index is 0.183. The van der Waals surface area contributed by atoms with Crippen LogP contribution in [0.4, 0.5) is 0 Å². The van der Waals surface area contributed by atoms with E-state index in [1.165, 1.54) is 32.7 Å². The molecule has 21 heavy (non-hydrogen) atoms. The van der Waals surface area contributed by atoms with Crippen molar-refractivity contribution in [1.82, 2.24) is 0 Å². The van der Waals surface area contributed by atoms with Gasteiger partial charge in [-0.25, -0.2) is 0 Å². The Bertz CT molecular complexity index is 437. The van der Waals surface area contributed by atoms with Crippen LogP contribution in [0.1, 0.15) is 30.1 Å². The summed E-state index contributed by atoms with van der Waals surface area (Å²) >= 11 is 0. The molecule has 1 aromatic carbocycles. The van der Waals surface area contributed by atoms with Crippen LogP contribution < -0.4 is 14.5 Å². The Morgan fingerprint density at radius 3 is 2.43 bits per heavy atom. The number of rotatable bonds is 7. The molecule has 0 saturated carbocycles. The second kappa shape index (κ2) is 8.15. The van der Waals surface area contributed by atoms with Crippen molar-refractivity contribution in [2.45, 2.75) is 19.8 Å². The van der Waals surface area contributed by atoms with Crippen molar-refractivity contribution in [2.75, 3.05) is 46.4 Å². The quantitative estimate of drug-likeness (QED) is 0.523. The molecule has 4 heteroatoms. The predicted molar refractivity (Wildman–Crippen MR) is 83.4 cm³/mol. The van der Waals surface area contributed by atoms with Crippen LogP contribution in [0.3, 0.4) is 0 Å². The maximum Gasteiger partial charge on any atom is 0.162 e. The fraction of sp³-hybridized carbons (Fsp3) is 0.588. The highest BCUT2D eigenvalue weighted by atomic mass is 16.5. The van der Waals surface area contributed by atoms with Gasteiger partial charge in [-0.15, -0.1) is 0 Å². The van der Waals surface area contributed by atoms with E-state index in [1.807, 2.05) is 31.2 Å². The third-order valence-corrected chi connectivity index (χ3v) is 4.25. The minimum atomic E-state index is 0.183. The predicted octanol–water partition coefficient (Wildman–Crippen LogP) is -0.539. The fourth-order valence-electron chi connectivity index (χ4n) is 2.73. The van der Waals surface area contributed by atoms with Crippen molar-refractivity contribution < 1.29 is 19.3 Å². The monoisotopic (exact) mass is 292 g/mol. The van der Waals surface area contributed by atoms with Crippen molar-refractivity contribution in [3.8, 4) is 5.75 Å². The van der Waals surface area contributed by atoms with Crippen molar-refractivity contribution in [3.63, 3.8) is 0 Å². The van der Waals surface area contributed by atoms with E-state index in [9.17, 15) is 4.79 Å². The molecule has 2 rings (SSSR count). The van der Waals surface area contributed by atoms with Gasteiger partial charge in [0, 0.05) is 18.4 Å². The molecule has 1 aliphatic rings. The average molecular weight is 292 g/mol. The molecule has 0 bridgehead atoms. The third-order valence-electron chi connectivity index (χ3n) is 4.25. The summed E-state index contributed by atoms with van der Waals surface area (Å²) < 4.78 is 5.76. The van der Waals surface area contributed by atoms with E-state index in [4.69, 9.17) is 4.74 Å². The maximum absolute atomic E-state index is 11.5. The molecule has 2 N–H and O–H groups in total. The van der Waals surface area contributed by atoms with Gasteiger partial charge in [-0.3, -0.25) is 4.79 Å². The lowest BCUT2D eigenvalue weighted by molar-refractivity contribution is -1.00. The van der Waals surface area contributed by atoms with Gasteiger partial charge in [0.25, 0.3) is 0 Å². The Labute approximate surface area is 127 Å². The van der Waals surface area contributed by atoms with Gasteiger partial charge >= 0.3 is 0 Å². The highest BCUT2D eigenvalue weighted by Crippen LogP contribution is 2.13. The molecule has 0 aromatic heterocycles. The molecule has 0 spiro atoms. The summed E-state index contributed by atoms with van der Waals surface area (Å²) in [6, 6.07) is 7.51. The van der Waals surface area contributed by atoms with Gasteiger partial charge in [0.1, 0.15) is 31.9 Å². The van der Waals surface area contributed by atoms with E-state index >= 15 is 0 Å². The number of ether oxygens (including phenoxy) is 1. The van der Waals surface area contributed by atoms with Gasteiger partial charge in [0.2, 0.25) is 0 Å². The number of nitrogens with one attached hydrogen (secondary N) is 2. The number of carbonyl (C=O) groups excluding carboxylic acids is 1. The number of benzene rings is 1. The van der Waals surface area contributed by atoms with E-state index in [1.54, 1.807) is 9.80 Å². The van der Waals surface area contributed by atoms with Crippen LogP contribution in [0.2, 0.25) is 0 Å². The van der Waals surface area contributed by atoms with Crippen molar-refractivity contribution >= 4 is 5.78 Å². The first-order chi connectivity index (χ1) is 10.2. The molecule has 0 unspecified atom stereocenters. The second-order valence-corrected chi connectivity index (χ2v) is 5.96. The lowest BCUT2D eigenvalue weighted by atomic mass is 10.1. The van der Waals surface area contributed by atoms with Gasteiger partial charge in [0.15, 0.2) is 5.78 Å². The lowest BCUT2D eigenvalue weighted by Gasteiger charge is -2.27. The molecule has 4 nitrogen and oxygen atoms in total. The van der Waals surface area contributed by atoms with Crippen molar-refractivity contribution in [1.29, 1.82) is 0 Å². The largest absolute Gasteiger partial charge is 0.493 e. The topological polar surface area (TPSA) is 35.2 Å². The summed E-state index contributed by atoms with van der Waals surface area (Å²) in [6.45, 7) is 8.95. The van der Waals surface area contributed by atoms with Crippen LogP contribution >= 0.6 is 0 Å². The molecule has 1 aromatic rings. The first kappa shape index (κ1) is 16.0. The summed E-state index contributed by atoms with van der Waals surface area (Å²) in [7, 11) is 2.27. The van der Waals surface area contributed by atoms with E-state index in [-0.39, 0.29) is 5.78 Å². The molecule has 0 radical (unpaired) electrons. The van der Waals surface area contributed by atoms with Crippen LogP contribution in [-0.4, -0.2) is 52.2 Å². The number of ketones is 1. The van der Waals surface area contributed by atoms with E-state index < -0.39 is 0 Å². The molecular weight excluding hydrogens is 264 g/mol. The van der Waals surface area contributed by atoms with Gasteiger partial charge < -0.3 is 14.5 Å². The van der Waals surface area contributed by atoms with E-state index in [0.717, 1.165) is 24.3 Å². The number of quaternary nitrogens is 2. The highest BCUT2D eigenvalue weighted by Gasteiger charge is 2.18. The number of hydrogen-bond donors (Lipinski definition) is 2. The van der Waals surface area contributed by atoms with Crippen LogP contribution in [0.5, 0.6) is 5.75 Å². The molecule has 1 heterocycles. The Morgan fingerprint density at radius 2 is 1.81 bits per heavy atom. The maximum atomic E-state index is 11.5. The smallest absolute Gasteiger partial charge is 0.162 e. The fourth-order valence-corrected chi connectivity index (χ4v) is 2.73. The number of hydrogen-bond acceptors (Lipinski definition) is 2. The number of Topliss-reactive ketones (excluding diaryl/α,β-unsaturated/α-hetero) is 1. The molecular formula is C17H28N2O2+2. The molecule has 0 aliphatic carbocycles. The van der Waals surface area contributed by atoms with E-state index in [2.05, 4.69) is 7.05 Å².